The molecule has 1 aromatic rings. The average Bonchev–Trinajstić information content (AvgIpc) is 2.20. The summed E-state index contributed by atoms with van der Waals surface area (Å²) < 4.78 is 5.11. The molecule has 0 aliphatic carbocycles. The van der Waals surface area contributed by atoms with Crippen molar-refractivity contribution in [1.82, 2.24) is 0 Å². The molecule has 0 fully saturated rings. The number of carboxylic acid groups (broad SMARTS) is 1. The van der Waals surface area contributed by atoms with E-state index in [-0.39, 0.29) is 11.3 Å². The summed E-state index contributed by atoms with van der Waals surface area (Å²) in [6.45, 7) is 1.43. The number of anilines is 1. The van der Waals surface area contributed by atoms with Gasteiger partial charge in [0, 0.05) is 5.69 Å². The highest BCUT2D eigenvalue weighted by molar-refractivity contribution is 5.92. The van der Waals surface area contributed by atoms with Crippen LogP contribution in [0.25, 0.3) is 0 Å². The van der Waals surface area contributed by atoms with Gasteiger partial charge < -0.3 is 21.3 Å². The van der Waals surface area contributed by atoms with Crippen LogP contribution in [0.4, 0.5) is 5.69 Å². The number of nitrogen functional groups attached to an aromatic ring is 1. The Hall–Kier alpha value is -2.24. The molecule has 1 aromatic carbocycles. The Balaban J connectivity index is 3.04. The summed E-state index contributed by atoms with van der Waals surface area (Å²) in [5.74, 6) is -1.79. The second kappa shape index (κ2) is 4.52. The zero-order valence-electron chi connectivity index (χ0n) is 8.64. The lowest BCUT2D eigenvalue weighted by Crippen LogP contribution is -2.31. The molecule has 6 heteroatoms. The summed E-state index contributed by atoms with van der Waals surface area (Å²) in [5.41, 5.74) is 10.6. The van der Waals surface area contributed by atoms with Crippen LogP contribution in [0.3, 0.4) is 0 Å². The number of primary amides is 1. The van der Waals surface area contributed by atoms with Gasteiger partial charge in [-0.1, -0.05) is 0 Å². The third-order valence-electron chi connectivity index (χ3n) is 1.94. The molecule has 16 heavy (non-hydrogen) atoms. The molecule has 0 heterocycles. The molecule has 0 aliphatic heterocycles. The molecule has 5 N–H and O–H groups in total. The first kappa shape index (κ1) is 11.8. The van der Waals surface area contributed by atoms with E-state index in [2.05, 4.69) is 0 Å². The average molecular weight is 224 g/mol. The minimum absolute atomic E-state index is 0.0630. The molecule has 6 nitrogen and oxygen atoms in total. The molecule has 1 amide bonds. The van der Waals surface area contributed by atoms with E-state index in [0.717, 1.165) is 0 Å². The highest BCUT2D eigenvalue weighted by atomic mass is 16.5. The van der Waals surface area contributed by atoms with Crippen LogP contribution >= 0.6 is 0 Å². The molecular weight excluding hydrogens is 212 g/mol. The van der Waals surface area contributed by atoms with E-state index in [9.17, 15) is 9.59 Å². The Kier molecular flexibility index (Phi) is 3.34. The smallest absolute Gasteiger partial charge is 0.339 e. The number of hydrogen-bond acceptors (Lipinski definition) is 4. The fraction of sp³-hybridized carbons (Fsp3) is 0.200. The van der Waals surface area contributed by atoms with Gasteiger partial charge in [0.25, 0.3) is 5.91 Å². The summed E-state index contributed by atoms with van der Waals surface area (Å²) in [5, 5.41) is 8.89. The zero-order chi connectivity index (χ0) is 12.3. The van der Waals surface area contributed by atoms with Crippen LogP contribution in [-0.4, -0.2) is 23.1 Å². The number of carboxylic acids is 1. The maximum absolute atomic E-state index is 10.9. The fourth-order valence-corrected chi connectivity index (χ4v) is 1.07. The van der Waals surface area contributed by atoms with Crippen molar-refractivity contribution in [3.8, 4) is 5.75 Å². The number of ether oxygens (including phenoxy) is 1. The number of carbonyl (C=O) groups is 2. The minimum atomic E-state index is -1.18. The Morgan fingerprint density at radius 2 is 2.06 bits per heavy atom. The second-order valence-electron chi connectivity index (χ2n) is 3.22. The van der Waals surface area contributed by atoms with Gasteiger partial charge in [-0.15, -0.1) is 0 Å². The zero-order valence-corrected chi connectivity index (χ0v) is 8.64. The fourth-order valence-electron chi connectivity index (χ4n) is 1.07. The molecule has 0 aliphatic rings. The van der Waals surface area contributed by atoms with Crippen LogP contribution in [0.5, 0.6) is 5.75 Å². The number of benzene rings is 1. The Labute approximate surface area is 91.8 Å². The van der Waals surface area contributed by atoms with Gasteiger partial charge in [0.1, 0.15) is 11.3 Å². The van der Waals surface area contributed by atoms with Gasteiger partial charge in [0.05, 0.1) is 0 Å². The number of nitrogens with two attached hydrogens (primary N) is 2. The highest BCUT2D eigenvalue weighted by Crippen LogP contribution is 2.22. The van der Waals surface area contributed by atoms with Crippen LogP contribution < -0.4 is 16.2 Å². The van der Waals surface area contributed by atoms with Crippen molar-refractivity contribution in [2.75, 3.05) is 5.73 Å². The molecule has 0 aromatic heterocycles. The van der Waals surface area contributed by atoms with E-state index in [0.29, 0.717) is 5.69 Å². The topological polar surface area (TPSA) is 116 Å². The lowest BCUT2D eigenvalue weighted by atomic mass is 10.2. The summed E-state index contributed by atoms with van der Waals surface area (Å²) >= 11 is 0. The lowest BCUT2D eigenvalue weighted by Gasteiger charge is -2.13. The Bertz CT molecular complexity index is 431. The van der Waals surface area contributed by atoms with Crippen molar-refractivity contribution in [2.24, 2.45) is 5.73 Å². The molecule has 0 saturated heterocycles. The number of aromatic carboxylic acids is 1. The van der Waals surface area contributed by atoms with Gasteiger partial charge in [-0.25, -0.2) is 4.79 Å². The molecule has 1 unspecified atom stereocenters. The van der Waals surface area contributed by atoms with Crippen LogP contribution in [0.15, 0.2) is 18.2 Å². The van der Waals surface area contributed by atoms with Gasteiger partial charge >= 0.3 is 5.97 Å². The van der Waals surface area contributed by atoms with Crippen molar-refractivity contribution >= 4 is 17.6 Å². The number of carbonyl (C=O) groups excluding carboxylic acids is 1. The SMILES string of the molecule is CC(Oc1ccc(N)cc1C(=O)O)C(N)=O. The Morgan fingerprint density at radius 3 is 2.56 bits per heavy atom. The van der Waals surface area contributed by atoms with Crippen molar-refractivity contribution in [1.29, 1.82) is 0 Å². The van der Waals surface area contributed by atoms with E-state index in [1.54, 1.807) is 0 Å². The van der Waals surface area contributed by atoms with E-state index in [1.807, 2.05) is 0 Å². The minimum Gasteiger partial charge on any atom is -0.480 e. The van der Waals surface area contributed by atoms with Gasteiger partial charge in [0.15, 0.2) is 6.10 Å². The van der Waals surface area contributed by atoms with E-state index < -0.39 is 18.0 Å². The van der Waals surface area contributed by atoms with Crippen molar-refractivity contribution in [3.05, 3.63) is 23.8 Å². The third-order valence-corrected chi connectivity index (χ3v) is 1.94. The monoisotopic (exact) mass is 224 g/mol. The quantitative estimate of drug-likeness (QED) is 0.632. The molecular formula is C10H12N2O4. The molecule has 0 spiro atoms. The Morgan fingerprint density at radius 1 is 1.44 bits per heavy atom. The number of rotatable bonds is 4. The predicted molar refractivity (Wildman–Crippen MR) is 57.1 cm³/mol. The largest absolute Gasteiger partial charge is 0.480 e. The highest BCUT2D eigenvalue weighted by Gasteiger charge is 2.16. The standard InChI is InChI=1S/C10H12N2O4/c1-5(9(12)13)16-8-3-2-6(11)4-7(8)10(14)15/h2-5H,11H2,1H3,(H2,12,13)(H,14,15). The molecule has 0 saturated carbocycles. The van der Waals surface area contributed by atoms with E-state index >= 15 is 0 Å². The molecule has 1 rings (SSSR count). The summed E-state index contributed by atoms with van der Waals surface area (Å²) in [7, 11) is 0. The third kappa shape index (κ3) is 2.63. The summed E-state index contributed by atoms with van der Waals surface area (Å²) in [6, 6.07) is 4.12. The maximum atomic E-state index is 10.9. The van der Waals surface area contributed by atoms with Crippen LogP contribution in [0.1, 0.15) is 17.3 Å². The first-order valence-corrected chi connectivity index (χ1v) is 4.50. The number of hydrogen-bond donors (Lipinski definition) is 3. The second-order valence-corrected chi connectivity index (χ2v) is 3.22. The van der Waals surface area contributed by atoms with E-state index in [1.165, 1.54) is 25.1 Å². The van der Waals surface area contributed by atoms with E-state index in [4.69, 9.17) is 21.3 Å². The van der Waals surface area contributed by atoms with Crippen LogP contribution in [-0.2, 0) is 4.79 Å². The normalized spacial score (nSPS) is 11.8. The van der Waals surface area contributed by atoms with Crippen molar-refractivity contribution in [2.45, 2.75) is 13.0 Å². The van der Waals surface area contributed by atoms with Gasteiger partial charge in [-0.05, 0) is 25.1 Å². The molecule has 0 radical (unpaired) electrons. The molecule has 86 valence electrons. The van der Waals surface area contributed by atoms with Crippen molar-refractivity contribution in [3.63, 3.8) is 0 Å². The van der Waals surface area contributed by atoms with Crippen molar-refractivity contribution < 1.29 is 19.4 Å². The van der Waals surface area contributed by atoms with Gasteiger partial charge in [-0.2, -0.15) is 0 Å². The van der Waals surface area contributed by atoms with Crippen LogP contribution in [0.2, 0.25) is 0 Å². The molecule has 1 atom stereocenters. The predicted octanol–water partition coefficient (Wildman–Crippen LogP) is 0.220. The van der Waals surface area contributed by atoms with Gasteiger partial charge in [-0.3, -0.25) is 4.79 Å². The first-order chi connectivity index (χ1) is 7.41. The molecule has 0 bridgehead atoms. The van der Waals surface area contributed by atoms with Crippen LogP contribution in [0, 0.1) is 0 Å². The van der Waals surface area contributed by atoms with Gasteiger partial charge in [0.2, 0.25) is 0 Å². The number of amides is 1. The first-order valence-electron chi connectivity index (χ1n) is 4.50. The lowest BCUT2D eigenvalue weighted by molar-refractivity contribution is -0.124. The summed E-state index contributed by atoms with van der Waals surface area (Å²) in [4.78, 5) is 21.7. The summed E-state index contributed by atoms with van der Waals surface area (Å²) in [6.07, 6.45) is -0.901. The maximum Gasteiger partial charge on any atom is 0.339 e.